The molecule has 4 aromatic rings. The minimum Gasteiger partial charge on any atom is -0.497 e. The number of thioether (sulfide) groups is 1. The normalized spacial score (nSPS) is 11.4. The van der Waals surface area contributed by atoms with Crippen LogP contribution in [0.1, 0.15) is 63.3 Å². The van der Waals surface area contributed by atoms with E-state index in [-0.39, 0.29) is 47.5 Å². The van der Waals surface area contributed by atoms with Crippen molar-refractivity contribution in [3.8, 4) is 5.75 Å². The number of nitrogens with zero attached hydrogens (tertiary/aromatic N) is 3. The zero-order valence-corrected chi connectivity index (χ0v) is 28.5. The molecule has 0 aliphatic heterocycles. The van der Waals surface area contributed by atoms with Gasteiger partial charge in [0.15, 0.2) is 11.0 Å². The fraction of sp³-hybridized carbons (Fsp3) is 0.333. The lowest BCUT2D eigenvalue weighted by Gasteiger charge is -2.14. The van der Waals surface area contributed by atoms with Gasteiger partial charge in [-0.25, -0.2) is 9.59 Å². The molecule has 0 aliphatic rings. The van der Waals surface area contributed by atoms with Crippen molar-refractivity contribution in [3.05, 3.63) is 87.6 Å². The highest BCUT2D eigenvalue weighted by Gasteiger charge is 2.29. The molecule has 47 heavy (non-hydrogen) atoms. The van der Waals surface area contributed by atoms with Gasteiger partial charge in [-0.3, -0.25) is 9.59 Å². The second kappa shape index (κ2) is 16.7. The molecule has 0 radical (unpaired) electrons. The summed E-state index contributed by atoms with van der Waals surface area (Å²) in [4.78, 5) is 51.8. The highest BCUT2D eigenvalue weighted by molar-refractivity contribution is 8.00. The summed E-state index contributed by atoms with van der Waals surface area (Å²) in [6.07, 6.45) is 0.184. The van der Waals surface area contributed by atoms with Gasteiger partial charge in [-0.1, -0.05) is 54.2 Å². The third-order valence-corrected chi connectivity index (χ3v) is 9.19. The second-order valence-corrected chi connectivity index (χ2v) is 12.6. The van der Waals surface area contributed by atoms with E-state index in [1.807, 2.05) is 47.0 Å². The molecule has 14 heteroatoms. The lowest BCUT2D eigenvalue weighted by atomic mass is 10.1. The van der Waals surface area contributed by atoms with Gasteiger partial charge in [0, 0.05) is 0 Å². The number of anilines is 1. The van der Waals surface area contributed by atoms with Crippen LogP contribution in [0.2, 0.25) is 0 Å². The predicted molar refractivity (Wildman–Crippen MR) is 179 cm³/mol. The Morgan fingerprint density at radius 2 is 1.62 bits per heavy atom. The fourth-order valence-corrected chi connectivity index (χ4v) is 6.46. The van der Waals surface area contributed by atoms with Crippen LogP contribution < -0.4 is 15.4 Å². The average molecular weight is 680 g/mol. The molecule has 0 spiro atoms. The second-order valence-electron chi connectivity index (χ2n) is 10.2. The Morgan fingerprint density at radius 1 is 0.936 bits per heavy atom. The standard InChI is InChI=1S/C33H37N5O7S2/c1-6-44-31(41)27-20(3)28(32(42)45-7-2)47-30(27)35-29(40)21(4)46-33-37-36-25(38(33)19-23-11-9-8-10-12-23)18-34-26(39)17-22-13-15-24(43-5)16-14-22/h8-16,21H,6-7,17-19H2,1-5H3,(H,34,39)(H,35,40)/t21-/m1/s1. The van der Waals surface area contributed by atoms with Crippen LogP contribution in [0.4, 0.5) is 5.00 Å². The number of ether oxygens (including phenoxy) is 3. The molecule has 2 amide bonds. The molecule has 0 saturated carbocycles. The van der Waals surface area contributed by atoms with E-state index in [1.54, 1.807) is 46.9 Å². The smallest absolute Gasteiger partial charge is 0.348 e. The van der Waals surface area contributed by atoms with Crippen LogP contribution in [0.3, 0.4) is 0 Å². The van der Waals surface area contributed by atoms with Crippen molar-refractivity contribution < 1.29 is 33.4 Å². The number of hydrogen-bond acceptors (Lipinski definition) is 11. The van der Waals surface area contributed by atoms with E-state index in [0.717, 1.165) is 22.5 Å². The Bertz CT molecular complexity index is 1700. The zero-order valence-electron chi connectivity index (χ0n) is 26.8. The molecule has 248 valence electrons. The Hall–Kier alpha value is -4.69. The molecule has 0 fully saturated rings. The van der Waals surface area contributed by atoms with E-state index in [0.29, 0.717) is 28.8 Å². The number of nitrogens with one attached hydrogen (secondary N) is 2. The molecule has 2 aromatic heterocycles. The number of methoxy groups -OCH3 is 1. The summed E-state index contributed by atoms with van der Waals surface area (Å²) in [6, 6.07) is 17.0. The van der Waals surface area contributed by atoms with Gasteiger partial charge < -0.3 is 29.4 Å². The van der Waals surface area contributed by atoms with Gasteiger partial charge in [-0.15, -0.1) is 21.5 Å². The summed E-state index contributed by atoms with van der Waals surface area (Å²) in [5.74, 6) is -0.597. The number of aromatic nitrogens is 3. The molecule has 0 aliphatic carbocycles. The van der Waals surface area contributed by atoms with E-state index in [4.69, 9.17) is 14.2 Å². The van der Waals surface area contributed by atoms with Crippen LogP contribution >= 0.6 is 23.1 Å². The van der Waals surface area contributed by atoms with Crippen molar-refractivity contribution in [1.82, 2.24) is 20.1 Å². The van der Waals surface area contributed by atoms with Gasteiger partial charge in [0.2, 0.25) is 11.8 Å². The summed E-state index contributed by atoms with van der Waals surface area (Å²) in [5, 5.41) is 14.4. The van der Waals surface area contributed by atoms with Crippen molar-refractivity contribution in [2.24, 2.45) is 0 Å². The molecule has 12 nitrogen and oxygen atoms in total. The number of benzene rings is 2. The molecule has 2 N–H and O–H groups in total. The van der Waals surface area contributed by atoms with Crippen molar-refractivity contribution in [2.45, 2.75) is 57.6 Å². The van der Waals surface area contributed by atoms with E-state index < -0.39 is 23.1 Å². The minimum absolute atomic E-state index is 0.116. The molecule has 2 heterocycles. The lowest BCUT2D eigenvalue weighted by molar-refractivity contribution is -0.120. The van der Waals surface area contributed by atoms with E-state index in [2.05, 4.69) is 20.8 Å². The number of rotatable bonds is 15. The van der Waals surface area contributed by atoms with Crippen LogP contribution in [0.25, 0.3) is 0 Å². The lowest BCUT2D eigenvalue weighted by Crippen LogP contribution is -2.27. The van der Waals surface area contributed by atoms with Crippen molar-refractivity contribution in [3.63, 3.8) is 0 Å². The summed E-state index contributed by atoms with van der Waals surface area (Å²) in [6.45, 7) is 7.52. The van der Waals surface area contributed by atoms with Crippen LogP contribution in [-0.4, -0.2) is 64.1 Å². The molecule has 2 aromatic carbocycles. The van der Waals surface area contributed by atoms with E-state index in [9.17, 15) is 19.2 Å². The minimum atomic E-state index is -0.685. The van der Waals surface area contributed by atoms with E-state index >= 15 is 0 Å². The molecule has 0 unspecified atom stereocenters. The molecular weight excluding hydrogens is 643 g/mol. The van der Waals surface area contributed by atoms with Gasteiger partial charge in [0.1, 0.15) is 15.6 Å². The number of hydrogen-bond donors (Lipinski definition) is 2. The summed E-state index contributed by atoms with van der Waals surface area (Å²) in [7, 11) is 1.59. The first-order valence-corrected chi connectivity index (χ1v) is 16.6. The largest absolute Gasteiger partial charge is 0.497 e. The van der Waals surface area contributed by atoms with Gasteiger partial charge in [0.05, 0.1) is 50.6 Å². The maximum Gasteiger partial charge on any atom is 0.348 e. The number of esters is 2. The molecule has 0 bridgehead atoms. The van der Waals surface area contributed by atoms with Gasteiger partial charge >= 0.3 is 11.9 Å². The number of carbonyl (C=O) groups excluding carboxylic acids is 4. The number of thiophene rings is 1. The Kier molecular flexibility index (Phi) is 12.5. The van der Waals surface area contributed by atoms with Crippen molar-refractivity contribution >= 4 is 51.9 Å². The Morgan fingerprint density at radius 3 is 2.28 bits per heavy atom. The van der Waals surface area contributed by atoms with Crippen LogP contribution in [0, 0.1) is 6.92 Å². The fourth-order valence-electron chi connectivity index (χ4n) is 4.50. The number of carbonyl (C=O) groups is 4. The van der Waals surface area contributed by atoms with Gasteiger partial charge in [0.25, 0.3) is 0 Å². The summed E-state index contributed by atoms with van der Waals surface area (Å²) < 4.78 is 17.4. The quantitative estimate of drug-likeness (QED) is 0.129. The first-order chi connectivity index (χ1) is 22.6. The topological polar surface area (TPSA) is 151 Å². The first kappa shape index (κ1) is 35.2. The predicted octanol–water partition coefficient (Wildman–Crippen LogP) is 5.04. The van der Waals surface area contributed by atoms with Crippen molar-refractivity contribution in [1.29, 1.82) is 0 Å². The monoisotopic (exact) mass is 679 g/mol. The van der Waals surface area contributed by atoms with Gasteiger partial charge in [-0.05, 0) is 56.5 Å². The highest BCUT2D eigenvalue weighted by atomic mass is 32.2. The van der Waals surface area contributed by atoms with Crippen molar-refractivity contribution in [2.75, 3.05) is 25.6 Å². The first-order valence-electron chi connectivity index (χ1n) is 15.0. The third-order valence-electron chi connectivity index (χ3n) is 6.92. The van der Waals surface area contributed by atoms with Gasteiger partial charge in [-0.2, -0.15) is 0 Å². The molecular formula is C33H37N5O7S2. The van der Waals surface area contributed by atoms with E-state index in [1.165, 1.54) is 11.8 Å². The average Bonchev–Trinajstić information content (AvgIpc) is 3.59. The van der Waals surface area contributed by atoms with Crippen LogP contribution in [-0.2, 0) is 38.6 Å². The third kappa shape index (κ3) is 9.20. The highest BCUT2D eigenvalue weighted by Crippen LogP contribution is 2.35. The maximum absolute atomic E-state index is 13.5. The zero-order chi connectivity index (χ0) is 33.9. The Labute approximate surface area is 281 Å². The number of amides is 2. The molecule has 4 rings (SSSR count). The maximum atomic E-state index is 13.5. The Balaban J connectivity index is 1.51. The molecule has 1 atom stereocenters. The van der Waals surface area contributed by atoms with Crippen LogP contribution in [0.15, 0.2) is 59.8 Å². The summed E-state index contributed by atoms with van der Waals surface area (Å²) in [5.41, 5.74) is 2.32. The molecule has 0 saturated heterocycles. The summed E-state index contributed by atoms with van der Waals surface area (Å²) >= 11 is 2.14. The SMILES string of the molecule is CCOC(=O)c1sc(NC(=O)[C@@H](C)Sc2nnc(CNC(=O)Cc3ccc(OC)cc3)n2Cc2ccccc2)c(C(=O)OCC)c1C. The van der Waals surface area contributed by atoms with Crippen LogP contribution in [0.5, 0.6) is 5.75 Å².